The standard InChI is InChI=1S/C24H20F2N2O3S/c1-2-30-13-12-28-22-20(26)14-17(25)15-21(22)32-24(28)27-23(29)16-8-10-19(11-9-16)31-18-6-4-3-5-7-18/h3-11,14-15H,2,12-13H2,1H3. The number of amides is 1. The van der Waals surface area contributed by atoms with Gasteiger partial charge in [0.05, 0.1) is 16.8 Å². The Bertz CT molecular complexity index is 1300. The van der Waals surface area contributed by atoms with Crippen LogP contribution >= 0.6 is 11.3 Å². The molecule has 0 atom stereocenters. The molecule has 0 bridgehead atoms. The topological polar surface area (TPSA) is 52.8 Å². The number of benzene rings is 3. The Morgan fingerprint density at radius 3 is 2.47 bits per heavy atom. The van der Waals surface area contributed by atoms with Crippen molar-refractivity contribution in [2.24, 2.45) is 4.99 Å². The summed E-state index contributed by atoms with van der Waals surface area (Å²) in [6, 6.07) is 17.9. The Labute approximate surface area is 187 Å². The molecular formula is C24H20F2N2O3S. The average Bonchev–Trinajstić information content (AvgIpc) is 3.12. The molecule has 0 N–H and O–H groups in total. The summed E-state index contributed by atoms with van der Waals surface area (Å²) >= 11 is 1.05. The van der Waals surface area contributed by atoms with Crippen molar-refractivity contribution in [3.05, 3.63) is 88.7 Å². The monoisotopic (exact) mass is 454 g/mol. The van der Waals surface area contributed by atoms with Crippen molar-refractivity contribution in [2.45, 2.75) is 13.5 Å². The van der Waals surface area contributed by atoms with E-state index in [0.717, 1.165) is 17.4 Å². The zero-order valence-corrected chi connectivity index (χ0v) is 18.1. The Hall–Kier alpha value is -3.36. The molecule has 0 unspecified atom stereocenters. The zero-order chi connectivity index (χ0) is 22.5. The normalized spacial score (nSPS) is 11.8. The van der Waals surface area contributed by atoms with Crippen molar-refractivity contribution < 1.29 is 23.0 Å². The Kier molecular flexibility index (Phi) is 6.72. The highest BCUT2D eigenvalue weighted by atomic mass is 32.1. The second kappa shape index (κ2) is 9.84. The van der Waals surface area contributed by atoms with Gasteiger partial charge in [-0.2, -0.15) is 4.99 Å². The van der Waals surface area contributed by atoms with E-state index < -0.39 is 17.5 Å². The molecule has 32 heavy (non-hydrogen) atoms. The lowest BCUT2D eigenvalue weighted by Crippen LogP contribution is -2.20. The van der Waals surface area contributed by atoms with Crippen LogP contribution in [0.15, 0.2) is 71.7 Å². The molecule has 0 aliphatic heterocycles. The number of carbonyl (C=O) groups excluding carboxylic acids is 1. The summed E-state index contributed by atoms with van der Waals surface area (Å²) in [6.07, 6.45) is 0. The van der Waals surface area contributed by atoms with Gasteiger partial charge in [0.15, 0.2) is 10.6 Å². The van der Waals surface area contributed by atoms with E-state index in [1.54, 1.807) is 28.8 Å². The van der Waals surface area contributed by atoms with Gasteiger partial charge in [-0.3, -0.25) is 4.79 Å². The molecule has 0 aliphatic carbocycles. The molecule has 4 rings (SSSR count). The minimum atomic E-state index is -0.705. The van der Waals surface area contributed by atoms with Crippen LogP contribution in [-0.2, 0) is 11.3 Å². The van der Waals surface area contributed by atoms with Gasteiger partial charge >= 0.3 is 0 Å². The minimum absolute atomic E-state index is 0.203. The third kappa shape index (κ3) is 4.92. The summed E-state index contributed by atoms with van der Waals surface area (Å²) in [6.45, 7) is 2.95. The van der Waals surface area contributed by atoms with Crippen LogP contribution in [0.4, 0.5) is 8.78 Å². The molecule has 0 radical (unpaired) electrons. The van der Waals surface area contributed by atoms with Gasteiger partial charge in [-0.25, -0.2) is 8.78 Å². The highest BCUT2D eigenvalue weighted by molar-refractivity contribution is 7.16. The smallest absolute Gasteiger partial charge is 0.279 e. The molecule has 0 saturated carbocycles. The number of para-hydroxylation sites is 1. The van der Waals surface area contributed by atoms with E-state index in [1.165, 1.54) is 6.07 Å². The maximum Gasteiger partial charge on any atom is 0.279 e. The van der Waals surface area contributed by atoms with Crippen molar-refractivity contribution in [1.29, 1.82) is 0 Å². The van der Waals surface area contributed by atoms with Crippen molar-refractivity contribution >= 4 is 27.5 Å². The fourth-order valence-electron chi connectivity index (χ4n) is 3.16. The maximum absolute atomic E-state index is 14.5. The predicted molar refractivity (Wildman–Crippen MR) is 119 cm³/mol. The molecule has 1 aromatic heterocycles. The number of hydrogen-bond acceptors (Lipinski definition) is 4. The summed E-state index contributed by atoms with van der Waals surface area (Å²) in [5, 5.41) is 0. The SMILES string of the molecule is CCOCCn1c(=NC(=O)c2ccc(Oc3ccccc3)cc2)sc2cc(F)cc(F)c21. The van der Waals surface area contributed by atoms with Crippen LogP contribution in [0.3, 0.4) is 0 Å². The third-order valence-corrected chi connectivity index (χ3v) is 5.66. The van der Waals surface area contributed by atoms with E-state index >= 15 is 0 Å². The van der Waals surface area contributed by atoms with E-state index in [2.05, 4.69) is 4.99 Å². The number of nitrogens with zero attached hydrogens (tertiary/aromatic N) is 2. The average molecular weight is 454 g/mol. The molecule has 0 saturated heterocycles. The second-order valence-electron chi connectivity index (χ2n) is 6.82. The fourth-order valence-corrected chi connectivity index (χ4v) is 4.26. The molecule has 4 aromatic rings. The summed E-state index contributed by atoms with van der Waals surface area (Å²) in [5.41, 5.74) is 0.556. The molecule has 1 amide bonds. The Morgan fingerprint density at radius 1 is 1.03 bits per heavy atom. The Balaban J connectivity index is 1.65. The first-order valence-electron chi connectivity index (χ1n) is 10.0. The van der Waals surface area contributed by atoms with Gasteiger partial charge in [0, 0.05) is 24.8 Å². The molecule has 0 fully saturated rings. The molecule has 1 heterocycles. The summed E-state index contributed by atoms with van der Waals surface area (Å²) in [7, 11) is 0. The molecule has 164 valence electrons. The molecular weight excluding hydrogens is 434 g/mol. The van der Waals surface area contributed by atoms with Crippen molar-refractivity contribution in [3.63, 3.8) is 0 Å². The van der Waals surface area contributed by atoms with Crippen LogP contribution in [-0.4, -0.2) is 23.7 Å². The quantitative estimate of drug-likeness (QED) is 0.344. The van der Waals surface area contributed by atoms with Crippen LogP contribution in [0.25, 0.3) is 10.2 Å². The molecule has 3 aromatic carbocycles. The van der Waals surface area contributed by atoms with Gasteiger partial charge in [-0.05, 0) is 49.4 Å². The number of fused-ring (bicyclic) bond motifs is 1. The fraction of sp³-hybridized carbons (Fsp3) is 0.167. The van der Waals surface area contributed by atoms with Crippen LogP contribution in [0.2, 0.25) is 0 Å². The number of halogens is 2. The van der Waals surface area contributed by atoms with Crippen molar-refractivity contribution in [2.75, 3.05) is 13.2 Å². The van der Waals surface area contributed by atoms with Crippen molar-refractivity contribution in [3.8, 4) is 11.5 Å². The number of aromatic nitrogens is 1. The third-order valence-electron chi connectivity index (χ3n) is 4.64. The van der Waals surface area contributed by atoms with Gasteiger partial charge < -0.3 is 14.0 Å². The van der Waals surface area contributed by atoms with Crippen LogP contribution in [0.5, 0.6) is 11.5 Å². The van der Waals surface area contributed by atoms with Gasteiger partial charge in [-0.15, -0.1) is 0 Å². The summed E-state index contributed by atoms with van der Waals surface area (Å²) in [5.74, 6) is -0.608. The van der Waals surface area contributed by atoms with Gasteiger partial charge in [0.25, 0.3) is 5.91 Å². The first-order chi connectivity index (χ1) is 15.5. The van der Waals surface area contributed by atoms with Crippen LogP contribution in [0, 0.1) is 11.6 Å². The van der Waals surface area contributed by atoms with E-state index in [-0.39, 0.29) is 16.9 Å². The highest BCUT2D eigenvalue weighted by Crippen LogP contribution is 2.23. The van der Waals surface area contributed by atoms with Gasteiger partial charge in [0.2, 0.25) is 0 Å². The molecule has 0 aliphatic rings. The number of thiazole rings is 1. The van der Waals surface area contributed by atoms with Crippen LogP contribution < -0.4 is 9.54 Å². The summed E-state index contributed by atoms with van der Waals surface area (Å²) in [4.78, 5) is 17.2. The zero-order valence-electron chi connectivity index (χ0n) is 17.3. The largest absolute Gasteiger partial charge is 0.457 e. The lowest BCUT2D eigenvalue weighted by Gasteiger charge is -2.07. The minimum Gasteiger partial charge on any atom is -0.457 e. The van der Waals surface area contributed by atoms with Gasteiger partial charge in [-0.1, -0.05) is 29.5 Å². The van der Waals surface area contributed by atoms with Gasteiger partial charge in [0.1, 0.15) is 17.3 Å². The first kappa shape index (κ1) is 21.9. The van der Waals surface area contributed by atoms with E-state index in [1.807, 2.05) is 37.3 Å². The molecule has 8 heteroatoms. The number of carbonyl (C=O) groups is 1. The van der Waals surface area contributed by atoms with Crippen molar-refractivity contribution in [1.82, 2.24) is 4.57 Å². The second-order valence-corrected chi connectivity index (χ2v) is 7.83. The lowest BCUT2D eigenvalue weighted by atomic mass is 10.2. The molecule has 0 spiro atoms. The highest BCUT2D eigenvalue weighted by Gasteiger charge is 2.14. The lowest BCUT2D eigenvalue weighted by molar-refractivity contribution is 0.0996. The maximum atomic E-state index is 14.5. The Morgan fingerprint density at radius 2 is 1.75 bits per heavy atom. The van der Waals surface area contributed by atoms with Crippen LogP contribution in [0.1, 0.15) is 17.3 Å². The number of rotatable bonds is 7. The summed E-state index contributed by atoms with van der Waals surface area (Å²) < 4.78 is 41.2. The number of hydrogen-bond donors (Lipinski definition) is 0. The predicted octanol–water partition coefficient (Wildman–Crippen LogP) is 5.55. The van der Waals surface area contributed by atoms with E-state index in [4.69, 9.17) is 9.47 Å². The molecule has 5 nitrogen and oxygen atoms in total. The first-order valence-corrected chi connectivity index (χ1v) is 10.8. The van der Waals surface area contributed by atoms with E-state index in [9.17, 15) is 13.6 Å². The van der Waals surface area contributed by atoms with E-state index in [0.29, 0.717) is 35.0 Å². The number of ether oxygens (including phenoxy) is 2.